The molecule has 0 N–H and O–H groups in total. The quantitative estimate of drug-likeness (QED) is 0.671. The second kappa shape index (κ2) is 7.42. The molecule has 24 heavy (non-hydrogen) atoms. The van der Waals surface area contributed by atoms with E-state index in [4.69, 9.17) is 9.47 Å². The second-order valence-corrected chi connectivity index (χ2v) is 7.02. The third-order valence-electron chi connectivity index (χ3n) is 4.40. The van der Waals surface area contributed by atoms with E-state index in [1.165, 1.54) is 0 Å². The molecule has 0 spiro atoms. The summed E-state index contributed by atoms with van der Waals surface area (Å²) in [5.74, 6) is 1.59. The van der Waals surface area contributed by atoms with Gasteiger partial charge in [-0.2, -0.15) is 0 Å². The van der Waals surface area contributed by atoms with Crippen LogP contribution in [-0.2, 0) is 0 Å². The number of nitrogens with zero attached hydrogens (tertiary/aromatic N) is 1. The first-order valence-electron chi connectivity index (χ1n) is 7.92. The van der Waals surface area contributed by atoms with E-state index in [-0.39, 0.29) is 11.9 Å². The zero-order valence-electron chi connectivity index (χ0n) is 13.8. The first kappa shape index (κ1) is 17.1. The standard InChI is InChI=1S/C19H20INO3/c1-23-15-9-10-16(18(12-15)24-2)17-4-3-11-21(17)19(22)13-5-7-14(20)8-6-13/h5-10,12,17H,3-4,11H2,1-2H3. The summed E-state index contributed by atoms with van der Waals surface area (Å²) < 4.78 is 11.9. The van der Waals surface area contributed by atoms with Crippen molar-refractivity contribution in [1.29, 1.82) is 0 Å². The molecule has 126 valence electrons. The highest BCUT2D eigenvalue weighted by atomic mass is 127. The number of ether oxygens (including phenoxy) is 2. The molecule has 3 rings (SSSR count). The summed E-state index contributed by atoms with van der Waals surface area (Å²) in [6, 6.07) is 13.6. The normalized spacial score (nSPS) is 17.0. The van der Waals surface area contributed by atoms with E-state index in [1.54, 1.807) is 14.2 Å². The zero-order valence-corrected chi connectivity index (χ0v) is 15.9. The van der Waals surface area contributed by atoms with Crippen LogP contribution in [0.3, 0.4) is 0 Å². The van der Waals surface area contributed by atoms with Gasteiger partial charge in [-0.15, -0.1) is 0 Å². The lowest BCUT2D eigenvalue weighted by Gasteiger charge is -2.26. The smallest absolute Gasteiger partial charge is 0.254 e. The Kier molecular flexibility index (Phi) is 5.28. The minimum atomic E-state index is 0.0395. The molecule has 0 aliphatic carbocycles. The van der Waals surface area contributed by atoms with Gasteiger partial charge < -0.3 is 14.4 Å². The highest BCUT2D eigenvalue weighted by molar-refractivity contribution is 14.1. The molecular formula is C19H20INO3. The van der Waals surface area contributed by atoms with Gasteiger partial charge in [-0.25, -0.2) is 0 Å². The van der Waals surface area contributed by atoms with E-state index >= 15 is 0 Å². The molecule has 1 fully saturated rings. The van der Waals surface area contributed by atoms with Crippen molar-refractivity contribution in [1.82, 2.24) is 4.90 Å². The van der Waals surface area contributed by atoms with Gasteiger partial charge in [0.1, 0.15) is 11.5 Å². The number of hydrogen-bond donors (Lipinski definition) is 0. The van der Waals surface area contributed by atoms with Gasteiger partial charge in [0.05, 0.1) is 20.3 Å². The third-order valence-corrected chi connectivity index (χ3v) is 5.12. The Balaban J connectivity index is 1.90. The molecule has 0 aromatic heterocycles. The molecule has 1 heterocycles. The molecule has 1 amide bonds. The predicted molar refractivity (Wildman–Crippen MR) is 102 cm³/mol. The van der Waals surface area contributed by atoms with E-state index in [9.17, 15) is 4.79 Å². The predicted octanol–water partition coefficient (Wildman–Crippen LogP) is 4.29. The van der Waals surface area contributed by atoms with Crippen LogP contribution >= 0.6 is 22.6 Å². The first-order chi connectivity index (χ1) is 11.6. The number of likely N-dealkylation sites (tertiary alicyclic amines) is 1. The number of benzene rings is 2. The average molecular weight is 437 g/mol. The fourth-order valence-electron chi connectivity index (χ4n) is 3.19. The number of hydrogen-bond acceptors (Lipinski definition) is 3. The van der Waals surface area contributed by atoms with Crippen molar-refractivity contribution >= 4 is 28.5 Å². The van der Waals surface area contributed by atoms with Gasteiger partial charge in [-0.3, -0.25) is 4.79 Å². The van der Waals surface area contributed by atoms with E-state index in [1.807, 2.05) is 47.4 Å². The Morgan fingerprint density at radius 3 is 2.54 bits per heavy atom. The highest BCUT2D eigenvalue weighted by Gasteiger charge is 2.32. The fourth-order valence-corrected chi connectivity index (χ4v) is 3.54. The molecule has 4 nitrogen and oxygen atoms in total. The van der Waals surface area contributed by atoms with Crippen molar-refractivity contribution in [3.63, 3.8) is 0 Å². The molecular weight excluding hydrogens is 417 g/mol. The van der Waals surface area contributed by atoms with Gasteiger partial charge in [0.25, 0.3) is 5.91 Å². The lowest BCUT2D eigenvalue weighted by molar-refractivity contribution is 0.0734. The van der Waals surface area contributed by atoms with Crippen LogP contribution < -0.4 is 9.47 Å². The Hall–Kier alpha value is -1.76. The molecule has 1 aliphatic rings. The van der Waals surface area contributed by atoms with E-state index in [0.29, 0.717) is 0 Å². The van der Waals surface area contributed by atoms with Crippen molar-refractivity contribution in [3.8, 4) is 11.5 Å². The van der Waals surface area contributed by atoms with Crippen LogP contribution in [0, 0.1) is 3.57 Å². The molecule has 1 saturated heterocycles. The summed E-state index contributed by atoms with van der Waals surface area (Å²) in [6.07, 6.45) is 1.94. The summed E-state index contributed by atoms with van der Waals surface area (Å²) in [6.45, 7) is 0.769. The summed E-state index contributed by atoms with van der Waals surface area (Å²) in [7, 11) is 3.29. The van der Waals surface area contributed by atoms with Crippen molar-refractivity contribution in [2.45, 2.75) is 18.9 Å². The van der Waals surface area contributed by atoms with Gasteiger partial charge in [-0.1, -0.05) is 0 Å². The van der Waals surface area contributed by atoms with Gasteiger partial charge >= 0.3 is 0 Å². The van der Waals surface area contributed by atoms with Gasteiger partial charge in [-0.05, 0) is 71.8 Å². The SMILES string of the molecule is COc1ccc(C2CCCN2C(=O)c2ccc(I)cc2)c(OC)c1. The third kappa shape index (κ3) is 3.36. The average Bonchev–Trinajstić information content (AvgIpc) is 3.10. The van der Waals surface area contributed by atoms with Gasteiger partial charge in [0, 0.05) is 27.3 Å². The number of rotatable bonds is 4. The van der Waals surface area contributed by atoms with Crippen LogP contribution in [0.5, 0.6) is 11.5 Å². The van der Waals surface area contributed by atoms with Crippen molar-refractivity contribution < 1.29 is 14.3 Å². The lowest BCUT2D eigenvalue weighted by Crippen LogP contribution is -2.30. The fraction of sp³-hybridized carbons (Fsp3) is 0.316. The topological polar surface area (TPSA) is 38.8 Å². The maximum absolute atomic E-state index is 12.9. The Morgan fingerprint density at radius 2 is 1.88 bits per heavy atom. The molecule has 1 atom stereocenters. The summed E-state index contributed by atoms with van der Waals surface area (Å²) in [5.41, 5.74) is 1.77. The second-order valence-electron chi connectivity index (χ2n) is 5.77. The summed E-state index contributed by atoms with van der Waals surface area (Å²) >= 11 is 2.24. The lowest BCUT2D eigenvalue weighted by atomic mass is 10.0. The molecule has 0 bridgehead atoms. The molecule has 2 aromatic carbocycles. The van der Waals surface area contributed by atoms with E-state index in [2.05, 4.69) is 22.6 Å². The van der Waals surface area contributed by atoms with Crippen molar-refractivity contribution in [3.05, 3.63) is 57.2 Å². The molecule has 0 radical (unpaired) electrons. The minimum absolute atomic E-state index is 0.0395. The van der Waals surface area contributed by atoms with Crippen LogP contribution in [0.4, 0.5) is 0 Å². The number of methoxy groups -OCH3 is 2. The number of carbonyl (C=O) groups excluding carboxylic acids is 1. The number of halogens is 1. The molecule has 1 aliphatic heterocycles. The maximum Gasteiger partial charge on any atom is 0.254 e. The summed E-state index contributed by atoms with van der Waals surface area (Å²) in [5, 5.41) is 0. The van der Waals surface area contributed by atoms with Crippen LogP contribution in [0.1, 0.15) is 34.8 Å². The van der Waals surface area contributed by atoms with Crippen LogP contribution in [0.15, 0.2) is 42.5 Å². The van der Waals surface area contributed by atoms with Gasteiger partial charge in [0.2, 0.25) is 0 Å². The van der Waals surface area contributed by atoms with E-state index in [0.717, 1.165) is 45.6 Å². The highest BCUT2D eigenvalue weighted by Crippen LogP contribution is 2.39. The zero-order chi connectivity index (χ0) is 17.1. The Labute approximate surface area is 155 Å². The monoisotopic (exact) mass is 437 g/mol. The number of amides is 1. The maximum atomic E-state index is 12.9. The summed E-state index contributed by atoms with van der Waals surface area (Å²) in [4.78, 5) is 14.9. The first-order valence-corrected chi connectivity index (χ1v) is 9.00. The van der Waals surface area contributed by atoms with Crippen LogP contribution in [0.2, 0.25) is 0 Å². The Morgan fingerprint density at radius 1 is 1.12 bits per heavy atom. The van der Waals surface area contributed by atoms with Crippen molar-refractivity contribution in [2.75, 3.05) is 20.8 Å². The van der Waals surface area contributed by atoms with E-state index < -0.39 is 0 Å². The number of carbonyl (C=O) groups is 1. The molecule has 2 aromatic rings. The molecule has 5 heteroatoms. The van der Waals surface area contributed by atoms with Crippen LogP contribution in [0.25, 0.3) is 0 Å². The molecule has 0 saturated carbocycles. The van der Waals surface area contributed by atoms with Gasteiger partial charge in [0.15, 0.2) is 0 Å². The molecule has 1 unspecified atom stereocenters. The largest absolute Gasteiger partial charge is 0.497 e. The van der Waals surface area contributed by atoms with Crippen molar-refractivity contribution in [2.24, 2.45) is 0 Å². The Bertz CT molecular complexity index is 730. The van der Waals surface area contributed by atoms with Crippen LogP contribution in [-0.4, -0.2) is 31.6 Å². The minimum Gasteiger partial charge on any atom is -0.497 e.